The van der Waals surface area contributed by atoms with Gasteiger partial charge >= 0.3 is 0 Å². The van der Waals surface area contributed by atoms with Crippen molar-refractivity contribution >= 4 is 8.07 Å². The summed E-state index contributed by atoms with van der Waals surface area (Å²) in [6, 6.07) is 0. The molecule has 0 aliphatic rings. The predicted molar refractivity (Wildman–Crippen MR) is 50.6 cm³/mol. The molecule has 0 aromatic heterocycles. The zero-order valence-electron chi connectivity index (χ0n) is 7.36. The van der Waals surface area contributed by atoms with E-state index in [1.54, 1.807) is 0 Å². The Morgan fingerprint density at radius 1 is 1.30 bits per heavy atom. The highest BCUT2D eigenvalue weighted by molar-refractivity contribution is 6.83. The molecule has 0 rings (SSSR count). The summed E-state index contributed by atoms with van der Waals surface area (Å²) in [7, 11) is -1.12. The third kappa shape index (κ3) is 7.52. The van der Waals surface area contributed by atoms with Crippen molar-refractivity contribution in [2.24, 2.45) is 0 Å². The maximum absolute atomic E-state index is 3.26. The molecule has 0 amide bonds. The van der Waals surface area contributed by atoms with Crippen molar-refractivity contribution in [3.63, 3.8) is 0 Å². The van der Waals surface area contributed by atoms with Crippen LogP contribution in [-0.2, 0) is 0 Å². The van der Waals surface area contributed by atoms with Crippen LogP contribution < -0.4 is 0 Å². The van der Waals surface area contributed by atoms with Crippen LogP contribution in [0.25, 0.3) is 0 Å². The van der Waals surface area contributed by atoms with Gasteiger partial charge in [-0.1, -0.05) is 38.6 Å². The van der Waals surface area contributed by atoms with Crippen molar-refractivity contribution in [2.75, 3.05) is 0 Å². The first-order chi connectivity index (χ1) is 4.56. The molecule has 0 saturated heterocycles. The molecule has 0 saturated carbocycles. The first kappa shape index (κ1) is 9.52. The number of rotatable bonds is 1. The standard InChI is InChI=1S/C9H16Si/c1-5-6-7-8-9-10(2,3)4/h6-7H,5H2,1-4H3/b7-6-. The van der Waals surface area contributed by atoms with Crippen molar-refractivity contribution in [3.8, 4) is 11.5 Å². The van der Waals surface area contributed by atoms with Crippen molar-refractivity contribution in [1.29, 1.82) is 0 Å². The Morgan fingerprint density at radius 3 is 2.30 bits per heavy atom. The molecule has 0 fully saturated rings. The Bertz CT molecular complexity index is 161. The van der Waals surface area contributed by atoms with Gasteiger partial charge in [-0.05, 0) is 12.5 Å². The van der Waals surface area contributed by atoms with Crippen LogP contribution in [0.4, 0.5) is 0 Å². The van der Waals surface area contributed by atoms with Gasteiger partial charge in [0.25, 0.3) is 0 Å². The Morgan fingerprint density at radius 2 is 1.90 bits per heavy atom. The maximum atomic E-state index is 3.26. The second-order valence-corrected chi connectivity index (χ2v) is 8.08. The molecule has 0 aromatic rings. The van der Waals surface area contributed by atoms with Gasteiger partial charge in [0.15, 0.2) is 0 Å². The van der Waals surface area contributed by atoms with Crippen molar-refractivity contribution in [2.45, 2.75) is 33.0 Å². The third-order valence-corrected chi connectivity index (χ3v) is 1.78. The molecule has 0 heterocycles. The van der Waals surface area contributed by atoms with Gasteiger partial charge in [-0.2, -0.15) is 0 Å². The van der Waals surface area contributed by atoms with Crippen LogP contribution in [0, 0.1) is 11.5 Å². The molecule has 0 bridgehead atoms. The Kier molecular flexibility index (Phi) is 4.14. The van der Waals surface area contributed by atoms with Gasteiger partial charge < -0.3 is 0 Å². The normalized spacial score (nSPS) is 11.2. The minimum atomic E-state index is -1.12. The number of allylic oxidation sites excluding steroid dienone is 2. The molecule has 0 unspecified atom stereocenters. The lowest BCUT2D eigenvalue weighted by atomic mass is 10.4. The number of hydrogen-bond acceptors (Lipinski definition) is 0. The summed E-state index contributed by atoms with van der Waals surface area (Å²) in [6.45, 7) is 8.87. The first-order valence-corrected chi connectivity index (χ1v) is 7.24. The molecule has 0 aromatic carbocycles. The van der Waals surface area contributed by atoms with Crippen LogP contribution in [-0.4, -0.2) is 8.07 Å². The van der Waals surface area contributed by atoms with Crippen molar-refractivity contribution in [1.82, 2.24) is 0 Å². The van der Waals surface area contributed by atoms with Gasteiger partial charge in [0.2, 0.25) is 0 Å². The van der Waals surface area contributed by atoms with Gasteiger partial charge in [0.1, 0.15) is 8.07 Å². The van der Waals surface area contributed by atoms with Crippen LogP contribution in [0.5, 0.6) is 0 Å². The fourth-order valence-corrected chi connectivity index (χ4v) is 0.951. The molecule has 0 radical (unpaired) electrons. The molecule has 0 nitrogen and oxygen atoms in total. The summed E-state index contributed by atoms with van der Waals surface area (Å²) < 4.78 is 0. The van der Waals surface area contributed by atoms with Gasteiger partial charge in [-0.3, -0.25) is 0 Å². The summed E-state index contributed by atoms with van der Waals surface area (Å²) in [5.41, 5.74) is 3.26. The van der Waals surface area contributed by atoms with Crippen LogP contribution in [0.1, 0.15) is 13.3 Å². The van der Waals surface area contributed by atoms with Crippen LogP contribution in [0.3, 0.4) is 0 Å². The average Bonchev–Trinajstić information content (AvgIpc) is 1.78. The quantitative estimate of drug-likeness (QED) is 0.400. The summed E-state index contributed by atoms with van der Waals surface area (Å²) in [6.07, 6.45) is 5.13. The van der Waals surface area contributed by atoms with Crippen LogP contribution in [0.15, 0.2) is 12.2 Å². The van der Waals surface area contributed by atoms with E-state index in [4.69, 9.17) is 0 Å². The van der Waals surface area contributed by atoms with E-state index in [1.807, 2.05) is 6.08 Å². The first-order valence-electron chi connectivity index (χ1n) is 3.74. The summed E-state index contributed by atoms with van der Waals surface area (Å²) in [5.74, 6) is 3.06. The molecule has 0 aliphatic heterocycles. The second-order valence-electron chi connectivity index (χ2n) is 3.33. The van der Waals surface area contributed by atoms with Gasteiger partial charge in [-0.25, -0.2) is 0 Å². The molecular weight excluding hydrogens is 136 g/mol. The summed E-state index contributed by atoms with van der Waals surface area (Å²) in [4.78, 5) is 0. The highest BCUT2D eigenvalue weighted by Gasteiger charge is 2.06. The van der Waals surface area contributed by atoms with E-state index < -0.39 is 8.07 Å². The van der Waals surface area contributed by atoms with Crippen LogP contribution >= 0.6 is 0 Å². The Balaban J connectivity index is 3.81. The minimum absolute atomic E-state index is 1.08. The molecule has 0 atom stereocenters. The largest absolute Gasteiger partial charge is 0.129 e. The summed E-state index contributed by atoms with van der Waals surface area (Å²) >= 11 is 0. The predicted octanol–water partition coefficient (Wildman–Crippen LogP) is 2.83. The Hall–Kier alpha value is -0.483. The zero-order chi connectivity index (χ0) is 8.04. The van der Waals surface area contributed by atoms with Crippen molar-refractivity contribution in [3.05, 3.63) is 12.2 Å². The topological polar surface area (TPSA) is 0 Å². The third-order valence-electron chi connectivity index (χ3n) is 0.884. The Labute approximate surface area is 65.3 Å². The highest BCUT2D eigenvalue weighted by Crippen LogP contribution is 1.95. The monoisotopic (exact) mass is 152 g/mol. The highest BCUT2D eigenvalue weighted by atomic mass is 28.3. The van der Waals surface area contributed by atoms with Gasteiger partial charge in [-0.15, -0.1) is 5.54 Å². The van der Waals surface area contributed by atoms with E-state index in [0.717, 1.165) is 6.42 Å². The lowest BCUT2D eigenvalue weighted by Crippen LogP contribution is -2.16. The van der Waals surface area contributed by atoms with E-state index in [9.17, 15) is 0 Å². The summed E-state index contributed by atoms with van der Waals surface area (Å²) in [5, 5.41) is 0. The fraction of sp³-hybridized carbons (Fsp3) is 0.556. The molecule has 0 spiro atoms. The van der Waals surface area contributed by atoms with Crippen LogP contribution in [0.2, 0.25) is 19.6 Å². The van der Waals surface area contributed by atoms with Gasteiger partial charge in [0.05, 0.1) is 0 Å². The second kappa shape index (κ2) is 4.35. The van der Waals surface area contributed by atoms with E-state index >= 15 is 0 Å². The van der Waals surface area contributed by atoms with E-state index in [1.165, 1.54) is 0 Å². The minimum Gasteiger partial charge on any atom is -0.127 e. The SMILES string of the molecule is CC/C=C\C#C[Si](C)(C)C. The zero-order valence-corrected chi connectivity index (χ0v) is 8.36. The van der Waals surface area contributed by atoms with E-state index in [2.05, 4.69) is 44.1 Å². The molecular formula is C9H16Si. The fourth-order valence-electron chi connectivity index (χ4n) is 0.435. The molecule has 56 valence electrons. The van der Waals surface area contributed by atoms with E-state index in [0.29, 0.717) is 0 Å². The smallest absolute Gasteiger partial charge is 0.127 e. The lowest BCUT2D eigenvalue weighted by molar-refractivity contribution is 1.23. The number of hydrogen-bond donors (Lipinski definition) is 0. The molecule has 10 heavy (non-hydrogen) atoms. The lowest BCUT2D eigenvalue weighted by Gasteiger charge is -2.01. The molecule has 0 aliphatic carbocycles. The maximum Gasteiger partial charge on any atom is 0.129 e. The molecule has 0 N–H and O–H groups in total. The van der Waals surface area contributed by atoms with E-state index in [-0.39, 0.29) is 0 Å². The molecule has 1 heteroatoms. The van der Waals surface area contributed by atoms with Crippen molar-refractivity contribution < 1.29 is 0 Å². The average molecular weight is 152 g/mol. The van der Waals surface area contributed by atoms with Gasteiger partial charge in [0, 0.05) is 0 Å².